The van der Waals surface area contributed by atoms with E-state index in [0.717, 1.165) is 6.42 Å². The van der Waals surface area contributed by atoms with Crippen molar-refractivity contribution in [1.82, 2.24) is 5.32 Å². The zero-order valence-electron chi connectivity index (χ0n) is 9.59. The molecule has 0 saturated heterocycles. The first-order chi connectivity index (χ1) is 8.09. The van der Waals surface area contributed by atoms with Crippen molar-refractivity contribution >= 4 is 11.9 Å². The monoisotopic (exact) mass is 233 g/mol. The summed E-state index contributed by atoms with van der Waals surface area (Å²) in [5.74, 6) is -2.13. The molecular formula is C13H15NO3. The summed E-state index contributed by atoms with van der Waals surface area (Å²) in [5, 5.41) is 11.5. The highest BCUT2D eigenvalue weighted by molar-refractivity contribution is 5.96. The Balaban J connectivity index is 1.88. The van der Waals surface area contributed by atoms with E-state index < -0.39 is 17.8 Å². The lowest BCUT2D eigenvalue weighted by Gasteiger charge is -2.07. The molecule has 1 aliphatic carbocycles. The van der Waals surface area contributed by atoms with Gasteiger partial charge in [0.2, 0.25) is 5.91 Å². The van der Waals surface area contributed by atoms with Crippen LogP contribution in [0.2, 0.25) is 0 Å². The number of amides is 1. The summed E-state index contributed by atoms with van der Waals surface area (Å²) < 4.78 is 0. The second-order valence-electron chi connectivity index (χ2n) is 4.43. The number of carbonyl (C=O) groups excluding carboxylic acids is 1. The van der Waals surface area contributed by atoms with E-state index in [1.165, 1.54) is 12.5 Å². The fourth-order valence-electron chi connectivity index (χ4n) is 1.84. The number of hydrogen-bond donors (Lipinski definition) is 2. The number of aliphatic carboxylic acids is 1. The highest BCUT2D eigenvalue weighted by Crippen LogP contribution is 2.40. The molecule has 0 bridgehead atoms. The van der Waals surface area contributed by atoms with Crippen LogP contribution in [0.15, 0.2) is 30.3 Å². The molecule has 0 aliphatic heterocycles. The first-order valence-corrected chi connectivity index (χ1v) is 5.67. The fourth-order valence-corrected chi connectivity index (χ4v) is 1.84. The lowest BCUT2D eigenvalue weighted by Crippen LogP contribution is -2.35. The van der Waals surface area contributed by atoms with E-state index in [-0.39, 0.29) is 6.04 Å². The van der Waals surface area contributed by atoms with Gasteiger partial charge in [0.15, 0.2) is 0 Å². The van der Waals surface area contributed by atoms with Crippen molar-refractivity contribution in [3.05, 3.63) is 35.9 Å². The molecule has 4 nitrogen and oxygen atoms in total. The lowest BCUT2D eigenvalue weighted by atomic mass is 10.1. The Morgan fingerprint density at radius 1 is 1.35 bits per heavy atom. The average Bonchev–Trinajstić information content (AvgIpc) is 3.08. The van der Waals surface area contributed by atoms with Gasteiger partial charge in [-0.05, 0) is 18.9 Å². The number of hydrogen-bond acceptors (Lipinski definition) is 2. The molecule has 0 radical (unpaired) electrons. The smallest absolute Gasteiger partial charge is 0.315 e. The second kappa shape index (κ2) is 4.57. The van der Waals surface area contributed by atoms with E-state index >= 15 is 0 Å². The van der Waals surface area contributed by atoms with Crippen LogP contribution >= 0.6 is 0 Å². The average molecular weight is 233 g/mol. The molecule has 17 heavy (non-hydrogen) atoms. The van der Waals surface area contributed by atoms with Gasteiger partial charge in [0.05, 0.1) is 0 Å². The van der Waals surface area contributed by atoms with Gasteiger partial charge in [-0.25, -0.2) is 0 Å². The Morgan fingerprint density at radius 2 is 2.00 bits per heavy atom. The molecule has 1 fully saturated rings. The van der Waals surface area contributed by atoms with Crippen molar-refractivity contribution in [2.24, 2.45) is 5.92 Å². The minimum absolute atomic E-state index is 0.0895. The summed E-state index contributed by atoms with van der Waals surface area (Å²) in [6.07, 6.45) is 0.891. The van der Waals surface area contributed by atoms with Crippen LogP contribution in [-0.2, 0) is 9.59 Å². The molecule has 0 aromatic heterocycles. The summed E-state index contributed by atoms with van der Waals surface area (Å²) in [7, 11) is 0. The fraction of sp³-hybridized carbons (Fsp3) is 0.385. The summed E-state index contributed by atoms with van der Waals surface area (Å²) in [4.78, 5) is 22.2. The third kappa shape index (κ3) is 2.64. The summed E-state index contributed by atoms with van der Waals surface area (Å²) in [6.45, 7) is 1.40. The molecule has 2 rings (SSSR count). The van der Waals surface area contributed by atoms with Crippen molar-refractivity contribution in [3.63, 3.8) is 0 Å². The van der Waals surface area contributed by atoms with E-state index in [9.17, 15) is 9.59 Å². The van der Waals surface area contributed by atoms with Crippen LogP contribution in [-0.4, -0.2) is 23.0 Å². The number of carboxylic acids is 1. The third-order valence-electron chi connectivity index (χ3n) is 3.11. The second-order valence-corrected chi connectivity index (χ2v) is 4.43. The zero-order valence-corrected chi connectivity index (χ0v) is 9.59. The molecule has 3 unspecified atom stereocenters. The van der Waals surface area contributed by atoms with Crippen LogP contribution in [0.5, 0.6) is 0 Å². The number of rotatable bonds is 4. The van der Waals surface area contributed by atoms with Crippen molar-refractivity contribution in [3.8, 4) is 0 Å². The third-order valence-corrected chi connectivity index (χ3v) is 3.11. The Labute approximate surface area is 99.6 Å². The summed E-state index contributed by atoms with van der Waals surface area (Å²) >= 11 is 0. The summed E-state index contributed by atoms with van der Waals surface area (Å²) in [6, 6.07) is 10.0. The Kier molecular flexibility index (Phi) is 3.13. The van der Waals surface area contributed by atoms with Gasteiger partial charge < -0.3 is 10.4 Å². The number of nitrogens with one attached hydrogen (secondary N) is 1. The predicted octanol–water partition coefficient (Wildman–Crippen LogP) is 1.38. The quantitative estimate of drug-likeness (QED) is 0.772. The van der Waals surface area contributed by atoms with Crippen molar-refractivity contribution in [2.45, 2.75) is 25.3 Å². The molecule has 1 saturated carbocycles. The van der Waals surface area contributed by atoms with Gasteiger partial charge in [0, 0.05) is 12.0 Å². The van der Waals surface area contributed by atoms with Crippen molar-refractivity contribution in [1.29, 1.82) is 0 Å². The van der Waals surface area contributed by atoms with Crippen molar-refractivity contribution in [2.75, 3.05) is 0 Å². The number of benzene rings is 1. The molecule has 4 heteroatoms. The Morgan fingerprint density at radius 3 is 2.59 bits per heavy atom. The number of carbonyl (C=O) groups is 2. The lowest BCUT2D eigenvalue weighted by molar-refractivity contribution is -0.146. The van der Waals surface area contributed by atoms with Crippen LogP contribution in [0.4, 0.5) is 0 Å². The molecule has 3 atom stereocenters. The molecule has 2 N–H and O–H groups in total. The molecule has 1 amide bonds. The standard InChI is InChI=1S/C13H15NO3/c1-8(13(16)17)12(15)14-11-7-10(11)9-5-3-2-4-6-9/h2-6,8,10-11H,7H2,1H3,(H,14,15)(H,16,17). The van der Waals surface area contributed by atoms with Gasteiger partial charge in [0.25, 0.3) is 0 Å². The maximum Gasteiger partial charge on any atom is 0.315 e. The van der Waals surface area contributed by atoms with E-state index in [4.69, 9.17) is 5.11 Å². The first-order valence-electron chi connectivity index (χ1n) is 5.67. The van der Waals surface area contributed by atoms with Gasteiger partial charge in [-0.3, -0.25) is 9.59 Å². The maximum absolute atomic E-state index is 11.5. The van der Waals surface area contributed by atoms with Crippen LogP contribution < -0.4 is 5.32 Å². The van der Waals surface area contributed by atoms with E-state index in [1.807, 2.05) is 30.3 Å². The van der Waals surface area contributed by atoms with Crippen LogP contribution in [0.3, 0.4) is 0 Å². The van der Waals surface area contributed by atoms with E-state index in [0.29, 0.717) is 5.92 Å². The molecule has 1 aromatic rings. The van der Waals surface area contributed by atoms with Gasteiger partial charge in [0.1, 0.15) is 5.92 Å². The normalized spacial score (nSPS) is 23.8. The van der Waals surface area contributed by atoms with E-state index in [1.54, 1.807) is 0 Å². The van der Waals surface area contributed by atoms with Gasteiger partial charge in [-0.2, -0.15) is 0 Å². The maximum atomic E-state index is 11.5. The SMILES string of the molecule is CC(C(=O)O)C(=O)NC1CC1c1ccccc1. The topological polar surface area (TPSA) is 66.4 Å². The number of carboxylic acid groups (broad SMARTS) is 1. The Bertz CT molecular complexity index is 430. The van der Waals surface area contributed by atoms with Crippen LogP contribution in [0.1, 0.15) is 24.8 Å². The minimum atomic E-state index is -1.08. The molecular weight excluding hydrogens is 218 g/mol. The highest BCUT2D eigenvalue weighted by atomic mass is 16.4. The molecule has 0 spiro atoms. The Hall–Kier alpha value is -1.84. The largest absolute Gasteiger partial charge is 0.481 e. The van der Waals surface area contributed by atoms with Crippen LogP contribution in [0.25, 0.3) is 0 Å². The molecule has 1 aromatic carbocycles. The van der Waals surface area contributed by atoms with E-state index in [2.05, 4.69) is 5.32 Å². The predicted molar refractivity (Wildman–Crippen MR) is 62.5 cm³/mol. The van der Waals surface area contributed by atoms with Crippen molar-refractivity contribution < 1.29 is 14.7 Å². The van der Waals surface area contributed by atoms with Gasteiger partial charge >= 0.3 is 5.97 Å². The first kappa shape index (κ1) is 11.6. The van der Waals surface area contributed by atoms with Crippen LogP contribution in [0, 0.1) is 5.92 Å². The molecule has 90 valence electrons. The molecule has 1 aliphatic rings. The highest BCUT2D eigenvalue weighted by Gasteiger charge is 2.40. The zero-order chi connectivity index (χ0) is 12.4. The molecule has 0 heterocycles. The summed E-state index contributed by atoms with van der Waals surface area (Å²) in [5.41, 5.74) is 1.20. The minimum Gasteiger partial charge on any atom is -0.481 e. The van der Waals surface area contributed by atoms with Gasteiger partial charge in [-0.1, -0.05) is 30.3 Å². The van der Waals surface area contributed by atoms with Gasteiger partial charge in [-0.15, -0.1) is 0 Å².